The maximum absolute atomic E-state index is 5.45. The van der Waals surface area contributed by atoms with E-state index in [1.807, 2.05) is 31.2 Å². The molecule has 2 N–H and O–H groups in total. The molecule has 2 aromatic carbocycles. The Morgan fingerprint density at radius 3 is 2.38 bits per heavy atom. The standard InChI is InChI=1S/C23H28N4O2/c1-14(2)18-9-7-8-15(3)22(18)27-23-24-16(4)12-21(26-23)25-19-13-17(28-5)10-11-20(19)29-6/h7-14H,1-6H3,(H2,24,25,26,27). The van der Waals surface area contributed by atoms with Crippen molar-refractivity contribution >= 4 is 23.1 Å². The van der Waals surface area contributed by atoms with Crippen LogP contribution in [0.15, 0.2) is 42.5 Å². The lowest BCUT2D eigenvalue weighted by atomic mass is 9.98. The van der Waals surface area contributed by atoms with Gasteiger partial charge in [-0.3, -0.25) is 0 Å². The normalized spacial score (nSPS) is 10.7. The summed E-state index contributed by atoms with van der Waals surface area (Å²) in [5.41, 5.74) is 5.07. The zero-order valence-corrected chi connectivity index (χ0v) is 17.8. The van der Waals surface area contributed by atoms with Crippen LogP contribution in [0.3, 0.4) is 0 Å². The number of para-hydroxylation sites is 1. The summed E-state index contributed by atoms with van der Waals surface area (Å²) >= 11 is 0. The van der Waals surface area contributed by atoms with Gasteiger partial charge < -0.3 is 20.1 Å². The molecule has 0 saturated carbocycles. The quantitative estimate of drug-likeness (QED) is 0.536. The van der Waals surface area contributed by atoms with Crippen molar-refractivity contribution in [3.05, 3.63) is 59.3 Å². The molecule has 29 heavy (non-hydrogen) atoms. The fourth-order valence-corrected chi connectivity index (χ4v) is 3.19. The zero-order chi connectivity index (χ0) is 21.0. The van der Waals surface area contributed by atoms with E-state index in [0.29, 0.717) is 23.4 Å². The minimum atomic E-state index is 0.390. The molecule has 6 nitrogen and oxygen atoms in total. The number of hydrogen-bond acceptors (Lipinski definition) is 6. The summed E-state index contributed by atoms with van der Waals surface area (Å²) < 4.78 is 10.8. The van der Waals surface area contributed by atoms with Crippen LogP contribution in [0.5, 0.6) is 11.5 Å². The van der Waals surface area contributed by atoms with Crippen LogP contribution < -0.4 is 20.1 Å². The Balaban J connectivity index is 1.95. The first-order chi connectivity index (χ1) is 13.9. The van der Waals surface area contributed by atoms with Gasteiger partial charge in [0.25, 0.3) is 0 Å². The van der Waals surface area contributed by atoms with Crippen molar-refractivity contribution in [1.82, 2.24) is 9.97 Å². The molecule has 0 bridgehead atoms. The Bertz CT molecular complexity index is 1000. The van der Waals surface area contributed by atoms with Crippen molar-refractivity contribution < 1.29 is 9.47 Å². The smallest absolute Gasteiger partial charge is 0.229 e. The van der Waals surface area contributed by atoms with E-state index in [0.717, 1.165) is 28.4 Å². The van der Waals surface area contributed by atoms with Gasteiger partial charge in [0.2, 0.25) is 5.95 Å². The average molecular weight is 393 g/mol. The lowest BCUT2D eigenvalue weighted by molar-refractivity contribution is 0.405. The van der Waals surface area contributed by atoms with E-state index >= 15 is 0 Å². The van der Waals surface area contributed by atoms with E-state index in [9.17, 15) is 0 Å². The van der Waals surface area contributed by atoms with Gasteiger partial charge in [0, 0.05) is 23.5 Å². The molecule has 3 aromatic rings. The van der Waals surface area contributed by atoms with Gasteiger partial charge in [0.1, 0.15) is 17.3 Å². The molecular formula is C23H28N4O2. The highest BCUT2D eigenvalue weighted by molar-refractivity contribution is 5.69. The predicted octanol–water partition coefficient (Wildman–Crippen LogP) is 5.72. The number of nitrogens with zero attached hydrogens (tertiary/aromatic N) is 2. The van der Waals surface area contributed by atoms with Crippen LogP contribution in [-0.4, -0.2) is 24.2 Å². The molecule has 0 fully saturated rings. The number of aromatic nitrogens is 2. The Morgan fingerprint density at radius 1 is 0.897 bits per heavy atom. The summed E-state index contributed by atoms with van der Waals surface area (Å²) in [6.45, 7) is 8.39. The summed E-state index contributed by atoms with van der Waals surface area (Å²) in [5, 5.41) is 6.74. The van der Waals surface area contributed by atoms with Crippen LogP contribution in [0.2, 0.25) is 0 Å². The number of anilines is 4. The van der Waals surface area contributed by atoms with E-state index in [4.69, 9.17) is 9.47 Å². The largest absolute Gasteiger partial charge is 0.497 e. The third-order valence-electron chi connectivity index (χ3n) is 4.69. The zero-order valence-electron chi connectivity index (χ0n) is 17.8. The second kappa shape index (κ2) is 8.82. The summed E-state index contributed by atoms with van der Waals surface area (Å²) in [4.78, 5) is 9.24. The molecule has 0 spiro atoms. The van der Waals surface area contributed by atoms with Crippen LogP contribution in [0.1, 0.15) is 36.6 Å². The third-order valence-corrected chi connectivity index (χ3v) is 4.69. The van der Waals surface area contributed by atoms with Crippen molar-refractivity contribution in [3.8, 4) is 11.5 Å². The molecular weight excluding hydrogens is 364 g/mol. The van der Waals surface area contributed by atoms with Crippen molar-refractivity contribution in [3.63, 3.8) is 0 Å². The van der Waals surface area contributed by atoms with Crippen molar-refractivity contribution in [2.45, 2.75) is 33.6 Å². The molecule has 1 aromatic heterocycles. The molecule has 0 unspecified atom stereocenters. The van der Waals surface area contributed by atoms with E-state index in [1.54, 1.807) is 14.2 Å². The number of rotatable bonds is 7. The van der Waals surface area contributed by atoms with Crippen LogP contribution in [0, 0.1) is 13.8 Å². The van der Waals surface area contributed by atoms with Gasteiger partial charge in [-0.15, -0.1) is 0 Å². The third kappa shape index (κ3) is 4.77. The van der Waals surface area contributed by atoms with Crippen LogP contribution in [-0.2, 0) is 0 Å². The number of methoxy groups -OCH3 is 2. The predicted molar refractivity (Wildman–Crippen MR) is 118 cm³/mol. The highest BCUT2D eigenvalue weighted by atomic mass is 16.5. The molecule has 0 aliphatic rings. The molecule has 0 amide bonds. The fraction of sp³-hybridized carbons (Fsp3) is 0.304. The van der Waals surface area contributed by atoms with Gasteiger partial charge in [-0.25, -0.2) is 4.98 Å². The lowest BCUT2D eigenvalue weighted by Gasteiger charge is -2.17. The Labute approximate surface area is 172 Å². The molecule has 0 atom stereocenters. The van der Waals surface area contributed by atoms with Gasteiger partial charge >= 0.3 is 0 Å². The topological polar surface area (TPSA) is 68.3 Å². The molecule has 3 rings (SSSR count). The van der Waals surface area contributed by atoms with Crippen molar-refractivity contribution in [2.75, 3.05) is 24.9 Å². The summed E-state index contributed by atoms with van der Waals surface area (Å²) in [7, 11) is 3.27. The SMILES string of the molecule is COc1ccc(OC)c(Nc2cc(C)nc(Nc3c(C)cccc3C(C)C)n2)c1. The van der Waals surface area contributed by atoms with Gasteiger partial charge in [0.15, 0.2) is 0 Å². The van der Waals surface area contributed by atoms with Crippen LogP contribution in [0.4, 0.5) is 23.1 Å². The van der Waals surface area contributed by atoms with Crippen LogP contribution >= 0.6 is 0 Å². The van der Waals surface area contributed by atoms with Gasteiger partial charge in [0.05, 0.1) is 19.9 Å². The molecule has 6 heteroatoms. The van der Waals surface area contributed by atoms with Crippen LogP contribution in [0.25, 0.3) is 0 Å². The van der Waals surface area contributed by atoms with E-state index in [1.165, 1.54) is 5.56 Å². The van der Waals surface area contributed by atoms with Crippen molar-refractivity contribution in [1.29, 1.82) is 0 Å². The maximum atomic E-state index is 5.45. The number of aryl methyl sites for hydroxylation is 2. The summed E-state index contributed by atoms with van der Waals surface area (Å²) in [5.74, 6) is 3.05. The fourth-order valence-electron chi connectivity index (χ4n) is 3.19. The van der Waals surface area contributed by atoms with Gasteiger partial charge in [-0.2, -0.15) is 4.98 Å². The first kappa shape index (κ1) is 20.5. The molecule has 1 heterocycles. The summed E-state index contributed by atoms with van der Waals surface area (Å²) in [6, 6.07) is 13.8. The molecule has 0 aliphatic heterocycles. The number of benzene rings is 2. The second-order valence-electron chi connectivity index (χ2n) is 7.23. The lowest BCUT2D eigenvalue weighted by Crippen LogP contribution is -2.06. The Morgan fingerprint density at radius 2 is 1.69 bits per heavy atom. The van der Waals surface area contributed by atoms with Crippen molar-refractivity contribution in [2.24, 2.45) is 0 Å². The summed E-state index contributed by atoms with van der Waals surface area (Å²) in [6.07, 6.45) is 0. The maximum Gasteiger partial charge on any atom is 0.229 e. The van der Waals surface area contributed by atoms with E-state index in [-0.39, 0.29) is 0 Å². The molecule has 0 radical (unpaired) electrons. The molecule has 0 saturated heterocycles. The Kier molecular flexibility index (Phi) is 6.22. The first-order valence-electron chi connectivity index (χ1n) is 9.62. The average Bonchev–Trinajstić information content (AvgIpc) is 2.68. The van der Waals surface area contributed by atoms with E-state index in [2.05, 4.69) is 59.6 Å². The minimum Gasteiger partial charge on any atom is -0.497 e. The monoisotopic (exact) mass is 392 g/mol. The minimum absolute atomic E-state index is 0.390. The molecule has 152 valence electrons. The first-order valence-corrected chi connectivity index (χ1v) is 9.62. The number of ether oxygens (including phenoxy) is 2. The van der Waals surface area contributed by atoms with E-state index < -0.39 is 0 Å². The Hall–Kier alpha value is -3.28. The second-order valence-corrected chi connectivity index (χ2v) is 7.23. The number of hydrogen-bond donors (Lipinski definition) is 2. The highest BCUT2D eigenvalue weighted by Crippen LogP contribution is 2.32. The number of nitrogens with one attached hydrogen (secondary N) is 2. The molecule has 0 aliphatic carbocycles. The van der Waals surface area contributed by atoms with Gasteiger partial charge in [-0.05, 0) is 43.0 Å². The highest BCUT2D eigenvalue weighted by Gasteiger charge is 2.12. The van der Waals surface area contributed by atoms with Gasteiger partial charge in [-0.1, -0.05) is 32.0 Å².